The Morgan fingerprint density at radius 1 is 0.550 bits per heavy atom. The summed E-state index contributed by atoms with van der Waals surface area (Å²) in [6, 6.07) is 0. The quantitative estimate of drug-likeness (QED) is 0.484. The summed E-state index contributed by atoms with van der Waals surface area (Å²) in [5.41, 5.74) is 13.3. The van der Waals surface area contributed by atoms with Crippen LogP contribution < -0.4 is 21.7 Å². The highest BCUT2D eigenvalue weighted by Crippen LogP contribution is 1.86. The highest BCUT2D eigenvalue weighted by Gasteiger charge is 2.02. The average Bonchev–Trinajstić information content (AvgIpc) is 2.43. The lowest BCUT2D eigenvalue weighted by atomic mass is 10.3. The van der Waals surface area contributed by atoms with Crippen molar-refractivity contribution in [3.8, 4) is 0 Å². The van der Waals surface area contributed by atoms with Gasteiger partial charge < -0.3 is 0 Å². The third-order valence-electron chi connectivity index (χ3n) is 2.35. The van der Waals surface area contributed by atoms with Crippen LogP contribution in [0.25, 0.3) is 0 Å². The maximum Gasteiger partial charge on any atom is 0.207 e. The predicted octanol–water partition coefficient (Wildman–Crippen LogP) is 0.432. The smallest absolute Gasteiger partial charge is 0.207 e. The van der Waals surface area contributed by atoms with Crippen LogP contribution in [0, 0.1) is 0 Å². The van der Waals surface area contributed by atoms with E-state index in [-0.39, 0.29) is 10.2 Å². The number of thiocarbonyl (C=S) groups is 2. The van der Waals surface area contributed by atoms with Crippen molar-refractivity contribution in [3.05, 3.63) is 0 Å². The first-order valence-corrected chi connectivity index (χ1v) is 6.51. The van der Waals surface area contributed by atoms with E-state index >= 15 is 0 Å². The summed E-state index contributed by atoms with van der Waals surface area (Å²) >= 11 is 10.1. The molecule has 1 aliphatic heterocycles. The van der Waals surface area contributed by atoms with Gasteiger partial charge in [-0.15, -0.1) is 0 Å². The molecular formula is C10H16N8S2. The topological polar surface area (TPSA) is 97.6 Å². The normalized spacial score (nSPS) is 28.4. The molecule has 0 aromatic rings. The summed E-state index contributed by atoms with van der Waals surface area (Å²) in [5.74, 6) is 0. The Labute approximate surface area is 127 Å². The summed E-state index contributed by atoms with van der Waals surface area (Å²) in [7, 11) is 0. The molecule has 0 radical (unpaired) electrons. The van der Waals surface area contributed by atoms with Gasteiger partial charge in [-0.05, 0) is 52.1 Å². The van der Waals surface area contributed by atoms with Gasteiger partial charge in [0.1, 0.15) is 0 Å². The van der Waals surface area contributed by atoms with Crippen LogP contribution in [-0.4, -0.2) is 33.1 Å². The fourth-order valence-corrected chi connectivity index (χ4v) is 1.09. The molecule has 0 atom stereocenters. The highest BCUT2D eigenvalue weighted by atomic mass is 32.1. The molecule has 1 aliphatic rings. The zero-order valence-electron chi connectivity index (χ0n) is 11.6. The number of nitrogens with zero attached hydrogens (tertiary/aromatic N) is 4. The predicted molar refractivity (Wildman–Crippen MR) is 90.2 cm³/mol. The van der Waals surface area contributed by atoms with Crippen LogP contribution >= 0.6 is 24.4 Å². The van der Waals surface area contributed by atoms with E-state index in [9.17, 15) is 0 Å². The average molecular weight is 312 g/mol. The molecule has 0 aromatic heterocycles. The second-order valence-electron chi connectivity index (χ2n) is 3.89. The van der Waals surface area contributed by atoms with Crippen LogP contribution in [0.5, 0.6) is 0 Å². The molecule has 108 valence electrons. The minimum Gasteiger partial charge on any atom is -0.252 e. The molecule has 0 unspecified atom stereocenters. The zero-order valence-corrected chi connectivity index (χ0v) is 13.2. The Morgan fingerprint density at radius 2 is 0.750 bits per heavy atom. The second kappa shape index (κ2) is 7.60. The van der Waals surface area contributed by atoms with Crippen LogP contribution in [0.3, 0.4) is 0 Å². The fraction of sp³-hybridized carbons (Fsp3) is 0.400. The minimum atomic E-state index is 0.276. The summed E-state index contributed by atoms with van der Waals surface area (Å²) in [4.78, 5) is 0. The number of hydrazone groups is 4. The maximum atomic E-state index is 5.03. The van der Waals surface area contributed by atoms with Gasteiger partial charge in [0.25, 0.3) is 0 Å². The molecule has 0 bridgehead atoms. The number of hydrogen-bond acceptors (Lipinski definition) is 6. The van der Waals surface area contributed by atoms with E-state index in [4.69, 9.17) is 24.4 Å². The van der Waals surface area contributed by atoms with Gasteiger partial charge in [-0.25, -0.2) is 0 Å². The van der Waals surface area contributed by atoms with Gasteiger partial charge in [0.15, 0.2) is 0 Å². The molecule has 8 nitrogen and oxygen atoms in total. The van der Waals surface area contributed by atoms with Crippen molar-refractivity contribution in [2.45, 2.75) is 27.7 Å². The summed E-state index contributed by atoms with van der Waals surface area (Å²) in [5, 5.41) is 16.8. The first-order chi connectivity index (χ1) is 9.40. The Hall–Kier alpha value is -1.94. The highest BCUT2D eigenvalue weighted by molar-refractivity contribution is 7.80. The first kappa shape index (κ1) is 16.1. The maximum absolute atomic E-state index is 5.03. The van der Waals surface area contributed by atoms with Crippen molar-refractivity contribution in [3.63, 3.8) is 0 Å². The zero-order chi connectivity index (χ0) is 15.1. The molecule has 0 fully saturated rings. The van der Waals surface area contributed by atoms with Gasteiger partial charge >= 0.3 is 0 Å². The molecule has 0 spiro atoms. The van der Waals surface area contributed by atoms with Gasteiger partial charge in [-0.1, -0.05) is 0 Å². The lowest BCUT2D eigenvalue weighted by Crippen LogP contribution is -2.34. The number of nitrogens with one attached hydrogen (secondary N) is 4. The number of rotatable bonds is 0. The molecule has 0 aliphatic carbocycles. The molecular weight excluding hydrogens is 296 g/mol. The van der Waals surface area contributed by atoms with Crippen molar-refractivity contribution >= 4 is 57.5 Å². The van der Waals surface area contributed by atoms with E-state index in [1.54, 1.807) is 27.7 Å². The SMILES string of the molecule is CC1=N/NC(=S)N/N=C(C)/C(C)=N\NC(=S)N\N=C\1C. The van der Waals surface area contributed by atoms with E-state index < -0.39 is 0 Å². The van der Waals surface area contributed by atoms with E-state index in [2.05, 4.69) is 42.1 Å². The van der Waals surface area contributed by atoms with Crippen LogP contribution in [0.2, 0.25) is 0 Å². The standard InChI is InChI=1S/C10H16N8S2/c1-5-6(2)12-16-10(20)18-14-8(4)7(3)13-17-9(19)15-11-5/h1-4H3,(H2,15,17,19)(H2,16,18,20)/b11-5-,12-6+,13-7+,14-8-. The van der Waals surface area contributed by atoms with E-state index in [0.717, 1.165) is 0 Å². The largest absolute Gasteiger partial charge is 0.252 e. The van der Waals surface area contributed by atoms with Crippen LogP contribution in [-0.2, 0) is 0 Å². The molecule has 0 amide bonds. The van der Waals surface area contributed by atoms with Crippen molar-refractivity contribution in [2.24, 2.45) is 20.4 Å². The van der Waals surface area contributed by atoms with Gasteiger partial charge in [0, 0.05) is 0 Å². The molecule has 0 aromatic carbocycles. The Morgan fingerprint density at radius 3 is 0.950 bits per heavy atom. The third kappa shape index (κ3) is 5.36. The minimum absolute atomic E-state index is 0.276. The molecule has 4 N–H and O–H groups in total. The molecule has 20 heavy (non-hydrogen) atoms. The second-order valence-corrected chi connectivity index (χ2v) is 4.71. The lowest BCUT2D eigenvalue weighted by Gasteiger charge is -2.08. The van der Waals surface area contributed by atoms with Gasteiger partial charge in [-0.3, -0.25) is 21.7 Å². The van der Waals surface area contributed by atoms with Gasteiger partial charge in [0.05, 0.1) is 22.8 Å². The number of hydrogen-bond donors (Lipinski definition) is 4. The van der Waals surface area contributed by atoms with Crippen LogP contribution in [0.1, 0.15) is 27.7 Å². The summed E-state index contributed by atoms with van der Waals surface area (Å²) < 4.78 is 0. The van der Waals surface area contributed by atoms with Crippen molar-refractivity contribution in [1.29, 1.82) is 0 Å². The fourth-order valence-electron chi connectivity index (χ4n) is 0.912. The van der Waals surface area contributed by atoms with Crippen LogP contribution in [0.4, 0.5) is 0 Å². The van der Waals surface area contributed by atoms with E-state index in [0.29, 0.717) is 22.8 Å². The van der Waals surface area contributed by atoms with Crippen LogP contribution in [0.15, 0.2) is 20.4 Å². The Kier molecular flexibility index (Phi) is 6.12. The van der Waals surface area contributed by atoms with Gasteiger partial charge in [-0.2, -0.15) is 20.4 Å². The van der Waals surface area contributed by atoms with Gasteiger partial charge in [0.2, 0.25) is 10.2 Å². The van der Waals surface area contributed by atoms with Crippen molar-refractivity contribution < 1.29 is 0 Å². The first-order valence-electron chi connectivity index (χ1n) is 5.70. The molecule has 1 heterocycles. The molecule has 0 saturated carbocycles. The van der Waals surface area contributed by atoms with Crippen molar-refractivity contribution in [1.82, 2.24) is 21.7 Å². The Bertz CT molecular complexity index is 439. The van der Waals surface area contributed by atoms with E-state index in [1.165, 1.54) is 0 Å². The van der Waals surface area contributed by atoms with Crippen molar-refractivity contribution in [2.75, 3.05) is 0 Å². The monoisotopic (exact) mass is 312 g/mol. The molecule has 0 saturated heterocycles. The Balaban J connectivity index is 2.99. The van der Waals surface area contributed by atoms with E-state index in [1.807, 2.05) is 0 Å². The lowest BCUT2D eigenvalue weighted by molar-refractivity contribution is 0.914. The summed E-state index contributed by atoms with van der Waals surface area (Å²) in [6.07, 6.45) is 0. The molecule has 10 heteroatoms. The summed E-state index contributed by atoms with van der Waals surface area (Å²) in [6.45, 7) is 7.15. The molecule has 1 rings (SSSR count). The third-order valence-corrected chi connectivity index (χ3v) is 2.71.